The van der Waals surface area contributed by atoms with E-state index in [0.29, 0.717) is 10.9 Å². The van der Waals surface area contributed by atoms with Crippen LogP contribution in [0.1, 0.15) is 4.88 Å². The van der Waals surface area contributed by atoms with Gasteiger partial charge in [-0.2, -0.15) is 0 Å². The number of nitrogens with zero attached hydrogens (tertiary/aromatic N) is 2. The van der Waals surface area contributed by atoms with Crippen LogP contribution in [0.5, 0.6) is 11.5 Å². The van der Waals surface area contributed by atoms with Crippen molar-refractivity contribution in [2.24, 2.45) is 0 Å². The molecule has 0 aliphatic rings. The number of nitro groups is 1. The number of anilines is 1. The van der Waals surface area contributed by atoms with E-state index in [9.17, 15) is 10.1 Å². The second-order valence-electron chi connectivity index (χ2n) is 3.54. The number of hydrogen-bond donors (Lipinski definition) is 1. The lowest BCUT2D eigenvalue weighted by Gasteiger charge is -2.07. The molecule has 0 amide bonds. The summed E-state index contributed by atoms with van der Waals surface area (Å²) in [5.41, 5.74) is 5.38. The van der Waals surface area contributed by atoms with Crippen LogP contribution in [0.4, 0.5) is 10.8 Å². The molecule has 8 heteroatoms. The molecule has 0 radical (unpaired) electrons. The van der Waals surface area contributed by atoms with Gasteiger partial charge in [0.25, 0.3) is 0 Å². The third-order valence-electron chi connectivity index (χ3n) is 2.31. The van der Waals surface area contributed by atoms with Gasteiger partial charge in [-0.05, 0) is 6.07 Å². The van der Waals surface area contributed by atoms with Gasteiger partial charge in [0.15, 0.2) is 5.13 Å². The fraction of sp³-hybridized carbons (Fsp3) is 0.182. The number of nitrogen functional groups attached to an aromatic ring is 1. The van der Waals surface area contributed by atoms with Crippen molar-refractivity contribution in [1.82, 2.24) is 4.98 Å². The van der Waals surface area contributed by atoms with E-state index < -0.39 is 4.92 Å². The highest BCUT2D eigenvalue weighted by molar-refractivity contribution is 7.15. The van der Waals surface area contributed by atoms with Gasteiger partial charge in [0.1, 0.15) is 12.4 Å². The van der Waals surface area contributed by atoms with Crippen molar-refractivity contribution in [1.29, 1.82) is 0 Å². The summed E-state index contributed by atoms with van der Waals surface area (Å²) in [6.45, 7) is 0.170. The summed E-state index contributed by atoms with van der Waals surface area (Å²) in [6.07, 6.45) is 1.58. The number of hydrogen-bond acceptors (Lipinski definition) is 7. The molecule has 2 rings (SSSR count). The summed E-state index contributed by atoms with van der Waals surface area (Å²) in [5, 5.41) is 11.3. The Kier molecular flexibility index (Phi) is 3.81. The Morgan fingerprint density at radius 2 is 2.32 bits per heavy atom. The van der Waals surface area contributed by atoms with Crippen LogP contribution < -0.4 is 15.2 Å². The van der Waals surface area contributed by atoms with Gasteiger partial charge >= 0.3 is 5.69 Å². The van der Waals surface area contributed by atoms with E-state index in [2.05, 4.69) is 4.98 Å². The average molecular weight is 281 g/mol. The summed E-state index contributed by atoms with van der Waals surface area (Å²) in [6, 6.07) is 4.33. The summed E-state index contributed by atoms with van der Waals surface area (Å²) < 4.78 is 10.4. The lowest BCUT2D eigenvalue weighted by molar-refractivity contribution is -0.386. The lowest BCUT2D eigenvalue weighted by Crippen LogP contribution is -1.98. The van der Waals surface area contributed by atoms with Gasteiger partial charge in [-0.25, -0.2) is 4.98 Å². The molecule has 0 saturated carbocycles. The monoisotopic (exact) mass is 281 g/mol. The molecule has 1 aromatic carbocycles. The zero-order valence-corrected chi connectivity index (χ0v) is 10.8. The lowest BCUT2D eigenvalue weighted by atomic mass is 10.3. The molecule has 0 bridgehead atoms. The fourth-order valence-electron chi connectivity index (χ4n) is 1.43. The third-order valence-corrected chi connectivity index (χ3v) is 3.11. The second-order valence-corrected chi connectivity index (χ2v) is 4.69. The van der Waals surface area contributed by atoms with Gasteiger partial charge < -0.3 is 15.2 Å². The minimum Gasteiger partial charge on any atom is -0.497 e. The SMILES string of the molecule is COc1ccc([N+](=O)[O-])c(OCc2cnc(N)s2)c1. The molecule has 0 aliphatic heterocycles. The van der Waals surface area contributed by atoms with Crippen molar-refractivity contribution in [2.45, 2.75) is 6.61 Å². The maximum absolute atomic E-state index is 10.9. The van der Waals surface area contributed by atoms with Crippen LogP contribution in [0.25, 0.3) is 0 Å². The van der Waals surface area contributed by atoms with Gasteiger partial charge in [-0.3, -0.25) is 10.1 Å². The maximum Gasteiger partial charge on any atom is 0.311 e. The molecule has 0 fully saturated rings. The summed E-state index contributed by atoms with van der Waals surface area (Å²) in [5.74, 6) is 0.640. The molecule has 0 atom stereocenters. The normalized spacial score (nSPS) is 10.2. The third kappa shape index (κ3) is 3.10. The molecule has 0 saturated heterocycles. The quantitative estimate of drug-likeness (QED) is 0.666. The molecule has 1 aromatic heterocycles. The number of aromatic nitrogens is 1. The number of thiazole rings is 1. The van der Waals surface area contributed by atoms with E-state index >= 15 is 0 Å². The number of rotatable bonds is 5. The Hall–Kier alpha value is -2.35. The van der Waals surface area contributed by atoms with Crippen LogP contribution in [0.3, 0.4) is 0 Å². The van der Waals surface area contributed by atoms with E-state index in [-0.39, 0.29) is 18.0 Å². The largest absolute Gasteiger partial charge is 0.497 e. The van der Waals surface area contributed by atoms with Gasteiger partial charge in [-0.15, -0.1) is 0 Å². The zero-order chi connectivity index (χ0) is 13.8. The first-order valence-electron chi connectivity index (χ1n) is 5.25. The topological polar surface area (TPSA) is 101 Å². The van der Waals surface area contributed by atoms with E-state index in [4.69, 9.17) is 15.2 Å². The molecule has 100 valence electrons. The fourth-order valence-corrected chi connectivity index (χ4v) is 2.02. The maximum atomic E-state index is 10.9. The van der Waals surface area contributed by atoms with Crippen LogP contribution in [0, 0.1) is 10.1 Å². The highest BCUT2D eigenvalue weighted by atomic mass is 32.1. The first-order valence-corrected chi connectivity index (χ1v) is 6.07. The van der Waals surface area contributed by atoms with Crippen molar-refractivity contribution in [3.8, 4) is 11.5 Å². The molecule has 19 heavy (non-hydrogen) atoms. The summed E-state index contributed by atoms with van der Waals surface area (Å²) >= 11 is 1.27. The summed E-state index contributed by atoms with van der Waals surface area (Å²) in [7, 11) is 1.48. The number of nitrogens with two attached hydrogens (primary N) is 1. The molecule has 0 spiro atoms. The number of benzene rings is 1. The molecule has 7 nitrogen and oxygen atoms in total. The Morgan fingerprint density at radius 1 is 1.53 bits per heavy atom. The van der Waals surface area contributed by atoms with Gasteiger partial charge in [0, 0.05) is 18.3 Å². The highest BCUT2D eigenvalue weighted by Crippen LogP contribution is 2.32. The first kappa shape index (κ1) is 13.1. The number of nitro benzene ring substituents is 1. The molecule has 0 unspecified atom stereocenters. The van der Waals surface area contributed by atoms with Crippen LogP contribution in [0.15, 0.2) is 24.4 Å². The van der Waals surface area contributed by atoms with E-state index in [1.54, 1.807) is 6.20 Å². The molecule has 1 heterocycles. The molecule has 2 N–H and O–H groups in total. The Morgan fingerprint density at radius 3 is 2.89 bits per heavy atom. The Bertz CT molecular complexity index is 599. The van der Waals surface area contributed by atoms with Crippen LogP contribution >= 0.6 is 11.3 Å². The Balaban J connectivity index is 2.19. The van der Waals surface area contributed by atoms with Gasteiger partial charge in [-0.1, -0.05) is 11.3 Å². The van der Waals surface area contributed by atoms with Crippen molar-refractivity contribution in [3.05, 3.63) is 39.4 Å². The summed E-state index contributed by atoms with van der Waals surface area (Å²) in [4.78, 5) is 15.1. The molecular weight excluding hydrogens is 270 g/mol. The van der Waals surface area contributed by atoms with Gasteiger partial charge in [0.05, 0.1) is 16.9 Å². The molecular formula is C11H11N3O4S. The van der Waals surface area contributed by atoms with Gasteiger partial charge in [0.2, 0.25) is 5.75 Å². The number of ether oxygens (including phenoxy) is 2. The van der Waals surface area contributed by atoms with Crippen LogP contribution in [-0.4, -0.2) is 17.0 Å². The zero-order valence-electron chi connectivity index (χ0n) is 10.0. The standard InChI is InChI=1S/C11H11N3O4S/c1-17-7-2-3-9(14(15)16)10(4-7)18-6-8-5-13-11(12)19-8/h2-5H,6H2,1H3,(H2,12,13). The molecule has 2 aromatic rings. The number of methoxy groups -OCH3 is 1. The van der Waals surface area contributed by atoms with E-state index in [1.807, 2.05) is 0 Å². The highest BCUT2D eigenvalue weighted by Gasteiger charge is 2.16. The minimum atomic E-state index is -0.504. The van der Waals surface area contributed by atoms with Crippen molar-refractivity contribution < 1.29 is 14.4 Å². The van der Waals surface area contributed by atoms with E-state index in [1.165, 1.54) is 36.6 Å². The van der Waals surface area contributed by atoms with Crippen molar-refractivity contribution in [3.63, 3.8) is 0 Å². The van der Waals surface area contributed by atoms with Crippen LogP contribution in [0.2, 0.25) is 0 Å². The predicted molar refractivity (Wildman–Crippen MR) is 70.5 cm³/mol. The predicted octanol–water partition coefficient (Wildman–Crippen LogP) is 2.22. The second kappa shape index (κ2) is 5.53. The van der Waals surface area contributed by atoms with Crippen molar-refractivity contribution in [2.75, 3.05) is 12.8 Å². The molecule has 0 aliphatic carbocycles. The van der Waals surface area contributed by atoms with Crippen LogP contribution in [-0.2, 0) is 6.61 Å². The average Bonchev–Trinajstić information content (AvgIpc) is 2.81. The minimum absolute atomic E-state index is 0.113. The first-order chi connectivity index (χ1) is 9.10. The Labute approximate surface area is 112 Å². The van der Waals surface area contributed by atoms with E-state index in [0.717, 1.165) is 4.88 Å². The smallest absolute Gasteiger partial charge is 0.311 e. The van der Waals surface area contributed by atoms with Crippen molar-refractivity contribution >= 4 is 22.2 Å².